The second-order valence-electron chi connectivity index (χ2n) is 10.2. The van der Waals surface area contributed by atoms with Crippen LogP contribution in [0.25, 0.3) is 5.65 Å². The van der Waals surface area contributed by atoms with Gasteiger partial charge in [0.25, 0.3) is 5.91 Å². The summed E-state index contributed by atoms with van der Waals surface area (Å²) in [5.41, 5.74) is -0.657. The molecular formula is C25H30FN5O4. The van der Waals surface area contributed by atoms with E-state index in [4.69, 9.17) is 4.74 Å². The maximum absolute atomic E-state index is 14.7. The van der Waals surface area contributed by atoms with E-state index < -0.39 is 23.5 Å². The van der Waals surface area contributed by atoms with E-state index in [-0.39, 0.29) is 18.7 Å². The lowest BCUT2D eigenvalue weighted by atomic mass is 9.84. The van der Waals surface area contributed by atoms with Crippen molar-refractivity contribution in [1.82, 2.24) is 14.6 Å². The van der Waals surface area contributed by atoms with Crippen molar-refractivity contribution >= 4 is 22.9 Å². The Morgan fingerprint density at radius 1 is 1.31 bits per heavy atom. The number of fused-ring (bicyclic) bond motifs is 2. The molecule has 1 atom stereocenters. The van der Waals surface area contributed by atoms with E-state index in [1.54, 1.807) is 32.3 Å². The quantitative estimate of drug-likeness (QED) is 0.512. The minimum atomic E-state index is -1.60. The summed E-state index contributed by atoms with van der Waals surface area (Å²) in [7, 11) is 0. The number of halogens is 1. The van der Waals surface area contributed by atoms with Gasteiger partial charge in [0.2, 0.25) is 0 Å². The van der Waals surface area contributed by atoms with Crippen molar-refractivity contribution in [2.24, 2.45) is 0 Å². The predicted molar refractivity (Wildman–Crippen MR) is 129 cm³/mol. The standard InChI is InChI=1S/C25H30FN5O4/c1-23(2,34)24(3)13-16-11-18(29-22(33)17-14-28-31-8-4-7-27-21(17)31)19(12-20(16)35-24)30-9-5-25(26,15-32)6-10-30/h4,7-8,11-12,14,32,34H,5-6,9-10,13,15H2,1-3H3,(H,29,33). The monoisotopic (exact) mass is 483 g/mol. The molecule has 1 saturated heterocycles. The first-order valence-electron chi connectivity index (χ1n) is 11.7. The topological polar surface area (TPSA) is 112 Å². The number of aliphatic hydroxyl groups is 2. The molecule has 35 heavy (non-hydrogen) atoms. The van der Waals surface area contributed by atoms with E-state index in [1.807, 2.05) is 24.0 Å². The molecule has 2 aliphatic rings. The number of benzene rings is 1. The van der Waals surface area contributed by atoms with Gasteiger partial charge in [-0.05, 0) is 32.9 Å². The van der Waals surface area contributed by atoms with Crippen molar-refractivity contribution in [2.45, 2.75) is 56.9 Å². The van der Waals surface area contributed by atoms with Gasteiger partial charge in [-0.15, -0.1) is 0 Å². The second-order valence-corrected chi connectivity index (χ2v) is 10.2. The molecule has 1 aromatic carbocycles. The van der Waals surface area contributed by atoms with E-state index in [1.165, 1.54) is 10.7 Å². The molecule has 5 rings (SSSR count). The van der Waals surface area contributed by atoms with Crippen molar-refractivity contribution in [3.05, 3.63) is 47.9 Å². The van der Waals surface area contributed by atoms with Gasteiger partial charge in [0, 0.05) is 56.4 Å². The van der Waals surface area contributed by atoms with Crippen LogP contribution in [-0.2, 0) is 6.42 Å². The van der Waals surface area contributed by atoms with Gasteiger partial charge in [-0.2, -0.15) is 5.10 Å². The smallest absolute Gasteiger partial charge is 0.261 e. The van der Waals surface area contributed by atoms with Crippen molar-refractivity contribution in [2.75, 3.05) is 29.9 Å². The molecular weight excluding hydrogens is 453 g/mol. The summed E-state index contributed by atoms with van der Waals surface area (Å²) in [5, 5.41) is 27.3. The average molecular weight is 484 g/mol. The summed E-state index contributed by atoms with van der Waals surface area (Å²) >= 11 is 0. The highest BCUT2D eigenvalue weighted by Gasteiger charge is 2.47. The number of amides is 1. The third-order valence-corrected chi connectivity index (χ3v) is 7.39. The Morgan fingerprint density at radius 2 is 2.06 bits per heavy atom. The molecule has 186 valence electrons. The van der Waals surface area contributed by atoms with Crippen LogP contribution in [0.4, 0.5) is 15.8 Å². The lowest BCUT2D eigenvalue weighted by molar-refractivity contribution is -0.0900. The number of nitrogens with one attached hydrogen (secondary N) is 1. The second kappa shape index (κ2) is 8.17. The van der Waals surface area contributed by atoms with Gasteiger partial charge >= 0.3 is 0 Å². The van der Waals surface area contributed by atoms with E-state index in [2.05, 4.69) is 15.4 Å². The molecule has 3 aromatic rings. The summed E-state index contributed by atoms with van der Waals surface area (Å²) in [6, 6.07) is 5.44. The molecule has 0 radical (unpaired) electrons. The number of aromatic nitrogens is 3. The number of nitrogens with zero attached hydrogens (tertiary/aromatic N) is 4. The van der Waals surface area contributed by atoms with Crippen molar-refractivity contribution in [1.29, 1.82) is 0 Å². The first-order chi connectivity index (χ1) is 16.5. The highest BCUT2D eigenvalue weighted by Crippen LogP contribution is 2.46. The summed E-state index contributed by atoms with van der Waals surface area (Å²) < 4.78 is 22.4. The number of anilines is 2. The van der Waals surface area contributed by atoms with Gasteiger partial charge in [0.15, 0.2) is 5.65 Å². The lowest BCUT2D eigenvalue weighted by Gasteiger charge is -2.37. The van der Waals surface area contributed by atoms with Crippen LogP contribution in [0.15, 0.2) is 36.8 Å². The number of aliphatic hydroxyl groups excluding tert-OH is 1. The van der Waals surface area contributed by atoms with Crippen molar-refractivity contribution < 1.29 is 24.1 Å². The molecule has 0 saturated carbocycles. The Kier molecular flexibility index (Phi) is 5.48. The van der Waals surface area contributed by atoms with E-state index in [0.29, 0.717) is 47.8 Å². The molecule has 0 aliphatic carbocycles. The van der Waals surface area contributed by atoms with Crippen LogP contribution in [0.3, 0.4) is 0 Å². The first kappa shape index (κ1) is 23.5. The third kappa shape index (κ3) is 4.10. The van der Waals surface area contributed by atoms with Crippen LogP contribution < -0.4 is 15.0 Å². The number of rotatable bonds is 5. The van der Waals surface area contributed by atoms with Crippen LogP contribution >= 0.6 is 0 Å². The van der Waals surface area contributed by atoms with Gasteiger partial charge in [0.05, 0.1) is 29.8 Å². The van der Waals surface area contributed by atoms with Gasteiger partial charge in [-0.25, -0.2) is 13.9 Å². The van der Waals surface area contributed by atoms with Gasteiger partial charge < -0.3 is 25.2 Å². The summed E-state index contributed by atoms with van der Waals surface area (Å²) in [5.74, 6) is 0.260. The zero-order valence-corrected chi connectivity index (χ0v) is 20.1. The number of alkyl halides is 1. The number of hydrogen-bond acceptors (Lipinski definition) is 7. The molecule has 9 nitrogen and oxygen atoms in total. The molecule has 1 unspecified atom stereocenters. The van der Waals surface area contributed by atoms with Gasteiger partial charge in [-0.1, -0.05) is 0 Å². The molecule has 10 heteroatoms. The number of carbonyl (C=O) groups excluding carboxylic acids is 1. The normalized spacial score (nSPS) is 21.6. The maximum Gasteiger partial charge on any atom is 0.261 e. The molecule has 2 aliphatic heterocycles. The van der Waals surface area contributed by atoms with E-state index >= 15 is 0 Å². The molecule has 2 aromatic heterocycles. The highest BCUT2D eigenvalue weighted by molar-refractivity contribution is 6.09. The molecule has 4 heterocycles. The van der Waals surface area contributed by atoms with Gasteiger partial charge in [0.1, 0.15) is 22.6 Å². The Labute approximate surface area is 202 Å². The number of hydrogen-bond donors (Lipinski definition) is 3. The Morgan fingerprint density at radius 3 is 2.74 bits per heavy atom. The lowest BCUT2D eigenvalue weighted by Crippen LogP contribution is -2.51. The summed E-state index contributed by atoms with van der Waals surface area (Å²) in [6.07, 6.45) is 5.60. The van der Waals surface area contributed by atoms with Crippen LogP contribution in [0.5, 0.6) is 5.75 Å². The highest BCUT2D eigenvalue weighted by atomic mass is 19.1. The van der Waals surface area contributed by atoms with Crippen LogP contribution in [-0.4, -0.2) is 67.3 Å². The van der Waals surface area contributed by atoms with E-state index in [9.17, 15) is 19.4 Å². The zero-order valence-electron chi connectivity index (χ0n) is 20.1. The fraction of sp³-hybridized carbons (Fsp3) is 0.480. The number of carbonyl (C=O) groups is 1. The Balaban J connectivity index is 1.51. The zero-order chi connectivity index (χ0) is 25.0. The largest absolute Gasteiger partial charge is 0.484 e. The molecule has 0 bridgehead atoms. The summed E-state index contributed by atoms with van der Waals surface area (Å²) in [6.45, 7) is 5.51. The van der Waals surface area contributed by atoms with Crippen LogP contribution in [0, 0.1) is 0 Å². The minimum Gasteiger partial charge on any atom is -0.484 e. The molecule has 3 N–H and O–H groups in total. The number of piperidine rings is 1. The van der Waals surface area contributed by atoms with Crippen LogP contribution in [0.2, 0.25) is 0 Å². The summed E-state index contributed by atoms with van der Waals surface area (Å²) in [4.78, 5) is 19.5. The maximum atomic E-state index is 14.7. The van der Waals surface area contributed by atoms with Crippen LogP contribution in [0.1, 0.15) is 49.5 Å². The van der Waals surface area contributed by atoms with Crippen molar-refractivity contribution in [3.63, 3.8) is 0 Å². The first-order valence-corrected chi connectivity index (χ1v) is 11.7. The Bertz CT molecular complexity index is 1280. The van der Waals surface area contributed by atoms with Gasteiger partial charge in [-0.3, -0.25) is 4.79 Å². The SMILES string of the molecule is CC(C)(O)C1(C)Cc2cc(NC(=O)c3cnn4cccnc34)c(N3CCC(F)(CO)CC3)cc2O1. The third-order valence-electron chi connectivity index (χ3n) is 7.39. The molecule has 1 amide bonds. The fourth-order valence-corrected chi connectivity index (χ4v) is 4.68. The van der Waals surface area contributed by atoms with Crippen molar-refractivity contribution in [3.8, 4) is 5.75 Å². The fourth-order valence-electron chi connectivity index (χ4n) is 4.68. The Hall–Kier alpha value is -3.24. The number of ether oxygens (including phenoxy) is 1. The molecule has 0 spiro atoms. The molecule has 1 fully saturated rings. The predicted octanol–water partition coefficient (Wildman–Crippen LogP) is 2.75. The van der Waals surface area contributed by atoms with E-state index in [0.717, 1.165) is 5.56 Å². The average Bonchev–Trinajstić information content (AvgIpc) is 3.40. The minimum absolute atomic E-state index is 0.175.